The highest BCUT2D eigenvalue weighted by atomic mass is 79.9. The van der Waals surface area contributed by atoms with Gasteiger partial charge in [-0.15, -0.1) is 4.91 Å². The molecule has 0 unspecified atom stereocenters. The lowest BCUT2D eigenvalue weighted by Crippen LogP contribution is -2.02. The smallest absolute Gasteiger partial charge is 0.142 e. The molecule has 0 atom stereocenters. The van der Waals surface area contributed by atoms with Crippen LogP contribution >= 0.6 is 15.9 Å². The SMILES string of the molecule is O=Nc1c2c(-n3cccn3)[nH]c3ccc(Br)cc3c-2c2ccccc12. The Morgan fingerprint density at radius 3 is 2.60 bits per heavy atom. The van der Waals surface area contributed by atoms with Crippen LogP contribution in [0.5, 0.6) is 0 Å². The molecule has 0 saturated heterocycles. The van der Waals surface area contributed by atoms with Crippen LogP contribution in [0.15, 0.2) is 70.6 Å². The van der Waals surface area contributed by atoms with E-state index < -0.39 is 0 Å². The highest BCUT2D eigenvalue weighted by Crippen LogP contribution is 2.50. The van der Waals surface area contributed by atoms with Crippen molar-refractivity contribution in [3.63, 3.8) is 0 Å². The number of aromatic nitrogens is 3. The van der Waals surface area contributed by atoms with Gasteiger partial charge in [-0.2, -0.15) is 5.10 Å². The van der Waals surface area contributed by atoms with Gasteiger partial charge in [-0.1, -0.05) is 40.2 Å². The lowest BCUT2D eigenvalue weighted by Gasteiger charge is -2.14. The maximum absolute atomic E-state index is 11.7. The van der Waals surface area contributed by atoms with Crippen molar-refractivity contribution in [2.75, 3.05) is 0 Å². The van der Waals surface area contributed by atoms with E-state index in [-0.39, 0.29) is 0 Å². The highest BCUT2D eigenvalue weighted by molar-refractivity contribution is 9.10. The van der Waals surface area contributed by atoms with Crippen LogP contribution in [0.1, 0.15) is 0 Å². The summed E-state index contributed by atoms with van der Waals surface area (Å²) in [5.41, 5.74) is 3.19. The van der Waals surface area contributed by atoms with Gasteiger partial charge in [0, 0.05) is 38.7 Å². The second kappa shape index (κ2) is 5.26. The molecule has 1 aromatic heterocycles. The van der Waals surface area contributed by atoms with Crippen LogP contribution in [0, 0.1) is 4.91 Å². The molecule has 0 radical (unpaired) electrons. The number of rotatable bonds is 2. The van der Waals surface area contributed by atoms with E-state index in [9.17, 15) is 4.91 Å². The van der Waals surface area contributed by atoms with E-state index >= 15 is 0 Å². The monoisotopic (exact) mass is 390 g/mol. The van der Waals surface area contributed by atoms with Gasteiger partial charge in [0.2, 0.25) is 0 Å². The zero-order valence-electron chi connectivity index (χ0n) is 12.9. The Bertz CT molecular complexity index is 1220. The minimum absolute atomic E-state index is 0.439. The Morgan fingerprint density at radius 1 is 1.00 bits per heavy atom. The third-order valence-electron chi connectivity index (χ3n) is 4.50. The average molecular weight is 391 g/mol. The molecule has 0 spiro atoms. The number of halogens is 1. The van der Waals surface area contributed by atoms with Gasteiger partial charge in [-0.3, -0.25) is 0 Å². The highest BCUT2D eigenvalue weighted by Gasteiger charge is 2.26. The number of pyridine rings is 1. The Labute approximate surface area is 150 Å². The molecule has 2 aliphatic rings. The van der Waals surface area contributed by atoms with Crippen molar-refractivity contribution >= 4 is 43.3 Å². The molecule has 5 rings (SSSR count). The summed E-state index contributed by atoms with van der Waals surface area (Å²) in [6.45, 7) is 0. The van der Waals surface area contributed by atoms with Crippen LogP contribution in [0.4, 0.5) is 5.69 Å². The van der Waals surface area contributed by atoms with Gasteiger partial charge in [0.1, 0.15) is 11.5 Å². The molecule has 0 bridgehead atoms. The van der Waals surface area contributed by atoms with E-state index in [1.807, 2.05) is 48.7 Å². The van der Waals surface area contributed by atoms with Crippen molar-refractivity contribution in [1.29, 1.82) is 0 Å². The lowest BCUT2D eigenvalue weighted by molar-refractivity contribution is 0.855. The largest absolute Gasteiger partial charge is 0.339 e. The van der Waals surface area contributed by atoms with Crippen molar-refractivity contribution in [2.45, 2.75) is 0 Å². The molecule has 1 aliphatic heterocycles. The lowest BCUT2D eigenvalue weighted by atomic mass is 10.0. The summed E-state index contributed by atoms with van der Waals surface area (Å²) >= 11 is 3.55. The Morgan fingerprint density at radius 2 is 1.84 bits per heavy atom. The van der Waals surface area contributed by atoms with E-state index in [1.165, 1.54) is 0 Å². The van der Waals surface area contributed by atoms with Crippen LogP contribution in [0.2, 0.25) is 0 Å². The van der Waals surface area contributed by atoms with Gasteiger partial charge in [-0.25, -0.2) is 4.68 Å². The van der Waals surface area contributed by atoms with E-state index in [4.69, 9.17) is 0 Å². The molecule has 25 heavy (non-hydrogen) atoms. The zero-order valence-corrected chi connectivity index (χ0v) is 14.5. The topological polar surface area (TPSA) is 63.0 Å². The summed E-state index contributed by atoms with van der Waals surface area (Å²) in [5, 5.41) is 10.6. The summed E-state index contributed by atoms with van der Waals surface area (Å²) in [5.74, 6) is 0.737. The quantitative estimate of drug-likeness (QED) is 0.388. The van der Waals surface area contributed by atoms with Gasteiger partial charge in [-0.05, 0) is 34.8 Å². The molecule has 0 amide bonds. The number of nitrogens with one attached hydrogen (secondary N) is 1. The molecule has 1 N–H and O–H groups in total. The number of nitrogens with zero attached hydrogens (tertiary/aromatic N) is 3. The number of fused-ring (bicyclic) bond motifs is 5. The van der Waals surface area contributed by atoms with Crippen molar-refractivity contribution in [3.05, 3.63) is 70.3 Å². The van der Waals surface area contributed by atoms with Gasteiger partial charge >= 0.3 is 0 Å². The zero-order chi connectivity index (χ0) is 17.0. The van der Waals surface area contributed by atoms with E-state index in [2.05, 4.69) is 37.3 Å². The fraction of sp³-hybridized carbons (Fsp3) is 0. The predicted molar refractivity (Wildman–Crippen MR) is 103 cm³/mol. The second-order valence-corrected chi connectivity index (χ2v) is 6.77. The number of hydrogen-bond donors (Lipinski definition) is 1. The molecule has 6 heteroatoms. The van der Waals surface area contributed by atoms with E-state index in [0.717, 1.165) is 43.1 Å². The van der Waals surface area contributed by atoms with E-state index in [0.29, 0.717) is 5.69 Å². The summed E-state index contributed by atoms with van der Waals surface area (Å²) in [6.07, 6.45) is 3.56. The van der Waals surface area contributed by atoms with Gasteiger partial charge < -0.3 is 4.98 Å². The summed E-state index contributed by atoms with van der Waals surface area (Å²) < 4.78 is 2.71. The number of hydrogen-bond acceptors (Lipinski definition) is 3. The van der Waals surface area contributed by atoms with Gasteiger partial charge in [0.15, 0.2) is 0 Å². The van der Waals surface area contributed by atoms with Crippen LogP contribution in [0.3, 0.4) is 0 Å². The third kappa shape index (κ3) is 1.97. The molecule has 0 fully saturated rings. The van der Waals surface area contributed by atoms with Crippen molar-refractivity contribution in [2.24, 2.45) is 5.18 Å². The molecular formula is C19H11BrN4O. The number of nitroso groups, excluding NO2 is 1. The normalized spacial score (nSPS) is 11.6. The fourth-order valence-electron chi connectivity index (χ4n) is 3.50. The molecule has 2 aromatic carbocycles. The molecule has 1 aliphatic carbocycles. The number of aromatic amines is 1. The molecule has 5 nitrogen and oxygen atoms in total. The van der Waals surface area contributed by atoms with Crippen LogP contribution in [-0.4, -0.2) is 14.8 Å². The van der Waals surface area contributed by atoms with Crippen molar-refractivity contribution in [1.82, 2.24) is 14.8 Å². The summed E-state index contributed by atoms with van der Waals surface area (Å²) in [7, 11) is 0. The predicted octanol–water partition coefficient (Wildman–Crippen LogP) is 5.77. The minimum Gasteiger partial charge on any atom is -0.339 e. The first-order valence-corrected chi connectivity index (χ1v) is 8.56. The average Bonchev–Trinajstić information content (AvgIpc) is 3.27. The van der Waals surface area contributed by atoms with Gasteiger partial charge in [0.05, 0.1) is 5.56 Å². The Hall–Kier alpha value is -2.99. The Kier molecular flexibility index (Phi) is 3.02. The first-order valence-electron chi connectivity index (χ1n) is 7.77. The Balaban J connectivity index is 2.09. The fourth-order valence-corrected chi connectivity index (χ4v) is 3.86. The first-order chi connectivity index (χ1) is 12.3. The molecular weight excluding hydrogens is 380 g/mol. The molecule has 2 heterocycles. The first kappa shape index (κ1) is 14.4. The van der Waals surface area contributed by atoms with E-state index in [1.54, 1.807) is 10.9 Å². The third-order valence-corrected chi connectivity index (χ3v) is 5.00. The van der Waals surface area contributed by atoms with Crippen molar-refractivity contribution < 1.29 is 0 Å². The van der Waals surface area contributed by atoms with Crippen LogP contribution in [-0.2, 0) is 0 Å². The summed E-state index contributed by atoms with van der Waals surface area (Å²) in [6, 6.07) is 15.8. The second-order valence-electron chi connectivity index (χ2n) is 5.85. The van der Waals surface area contributed by atoms with Gasteiger partial charge in [0.25, 0.3) is 0 Å². The maximum atomic E-state index is 11.7. The molecule has 120 valence electrons. The van der Waals surface area contributed by atoms with Crippen LogP contribution in [0.25, 0.3) is 38.6 Å². The minimum atomic E-state index is 0.439. The number of H-pyrrole nitrogens is 1. The van der Waals surface area contributed by atoms with Crippen molar-refractivity contribution in [3.8, 4) is 16.9 Å². The number of benzene rings is 2. The summed E-state index contributed by atoms with van der Waals surface area (Å²) in [4.78, 5) is 15.1. The maximum Gasteiger partial charge on any atom is 0.142 e. The molecule has 0 saturated carbocycles. The standard InChI is InChI=1S/C19H11BrN4O/c20-11-6-7-15-14(10-11)16-12-4-1-2-5-13(12)18(23-25)17(16)19(22-15)24-9-3-8-21-24/h1-10,22H. The molecule has 3 aromatic rings. The van der Waals surface area contributed by atoms with Crippen LogP contribution < -0.4 is 0 Å².